The van der Waals surface area contributed by atoms with Crippen LogP contribution >= 0.6 is 0 Å². The van der Waals surface area contributed by atoms with Crippen molar-refractivity contribution in [1.82, 2.24) is 5.32 Å². The largest absolute Gasteiger partial charge is 0.378 e. The first kappa shape index (κ1) is 16.6. The van der Waals surface area contributed by atoms with Crippen molar-refractivity contribution in [2.24, 2.45) is 5.92 Å². The van der Waals surface area contributed by atoms with E-state index in [2.05, 4.69) is 61.8 Å². The Kier molecular flexibility index (Phi) is 6.02. The van der Waals surface area contributed by atoms with Gasteiger partial charge in [-0.25, -0.2) is 0 Å². The van der Waals surface area contributed by atoms with Gasteiger partial charge in [0.05, 0.1) is 12.1 Å². The van der Waals surface area contributed by atoms with Crippen LogP contribution < -0.4 is 5.32 Å². The standard InChI is InChI=1S/C17H21NO.C3H6/c1-3-14-12(2)18-16(13-8-5-4-6-9-13)15-10-7-11-19-17(14)15;1-3-2/h3-6,8-9,15-18H,2,7,10-11H2,1H3;3H,1H2,2H3/b14-3+;. The predicted molar refractivity (Wildman–Crippen MR) is 93.6 cm³/mol. The third-order valence-electron chi connectivity index (χ3n) is 4.25. The molecule has 1 aromatic carbocycles. The minimum atomic E-state index is 0.206. The Labute approximate surface area is 134 Å². The number of nitrogens with one attached hydrogen (secondary N) is 1. The summed E-state index contributed by atoms with van der Waals surface area (Å²) in [7, 11) is 0. The molecule has 0 saturated carbocycles. The molecular weight excluding hydrogens is 270 g/mol. The number of hydrogen-bond donors (Lipinski definition) is 1. The van der Waals surface area contributed by atoms with E-state index >= 15 is 0 Å². The zero-order chi connectivity index (χ0) is 15.9. The Hall–Kier alpha value is -1.80. The molecule has 1 aromatic rings. The first-order valence-electron chi connectivity index (χ1n) is 8.08. The molecule has 0 aromatic heterocycles. The van der Waals surface area contributed by atoms with Crippen molar-refractivity contribution in [3.05, 3.63) is 72.5 Å². The minimum absolute atomic E-state index is 0.206. The molecule has 3 atom stereocenters. The molecule has 2 heteroatoms. The average Bonchev–Trinajstić information content (AvgIpc) is 2.56. The second-order valence-electron chi connectivity index (χ2n) is 5.76. The van der Waals surface area contributed by atoms with Gasteiger partial charge in [0.2, 0.25) is 0 Å². The summed E-state index contributed by atoms with van der Waals surface area (Å²) in [6, 6.07) is 11.0. The van der Waals surface area contributed by atoms with E-state index in [0.29, 0.717) is 12.0 Å². The Morgan fingerprint density at radius 2 is 1.91 bits per heavy atom. The van der Waals surface area contributed by atoms with Gasteiger partial charge in [0.15, 0.2) is 0 Å². The van der Waals surface area contributed by atoms with Crippen molar-refractivity contribution in [3.63, 3.8) is 0 Å². The van der Waals surface area contributed by atoms with Gasteiger partial charge in [-0.1, -0.05) is 49.1 Å². The molecule has 0 spiro atoms. The molecule has 2 aliphatic heterocycles. The quantitative estimate of drug-likeness (QED) is 0.753. The maximum Gasteiger partial charge on any atom is 0.0892 e. The number of rotatable bonds is 1. The van der Waals surface area contributed by atoms with Crippen molar-refractivity contribution >= 4 is 0 Å². The Balaban J connectivity index is 0.000000545. The van der Waals surface area contributed by atoms with Crippen LogP contribution in [0.25, 0.3) is 0 Å². The van der Waals surface area contributed by atoms with Crippen molar-refractivity contribution in [2.75, 3.05) is 6.61 Å². The highest BCUT2D eigenvalue weighted by molar-refractivity contribution is 5.38. The van der Waals surface area contributed by atoms with Crippen LogP contribution in [0.3, 0.4) is 0 Å². The van der Waals surface area contributed by atoms with E-state index in [1.807, 2.05) is 6.92 Å². The topological polar surface area (TPSA) is 21.3 Å². The molecule has 2 aliphatic rings. The van der Waals surface area contributed by atoms with Gasteiger partial charge >= 0.3 is 0 Å². The fourth-order valence-electron chi connectivity index (χ4n) is 3.35. The molecule has 0 bridgehead atoms. The lowest BCUT2D eigenvalue weighted by Gasteiger charge is -2.44. The number of fused-ring (bicyclic) bond motifs is 1. The van der Waals surface area contributed by atoms with Crippen LogP contribution in [0.1, 0.15) is 38.3 Å². The smallest absolute Gasteiger partial charge is 0.0892 e. The van der Waals surface area contributed by atoms with Gasteiger partial charge in [-0.3, -0.25) is 0 Å². The van der Waals surface area contributed by atoms with Crippen LogP contribution in [0.4, 0.5) is 0 Å². The number of benzene rings is 1. The molecule has 0 amide bonds. The van der Waals surface area contributed by atoms with Crippen LogP contribution in [0.5, 0.6) is 0 Å². The molecule has 2 nitrogen and oxygen atoms in total. The molecule has 3 rings (SSSR count). The maximum absolute atomic E-state index is 6.04. The van der Waals surface area contributed by atoms with Crippen molar-refractivity contribution in [3.8, 4) is 0 Å². The van der Waals surface area contributed by atoms with Crippen LogP contribution in [0, 0.1) is 5.92 Å². The van der Waals surface area contributed by atoms with Gasteiger partial charge in [0.25, 0.3) is 0 Å². The van der Waals surface area contributed by atoms with E-state index in [1.54, 1.807) is 6.08 Å². The lowest BCUT2D eigenvalue weighted by molar-refractivity contribution is -0.0234. The molecule has 2 heterocycles. The first-order chi connectivity index (χ1) is 10.7. The summed E-state index contributed by atoms with van der Waals surface area (Å²) in [5.74, 6) is 0.507. The number of ether oxygens (including phenoxy) is 1. The van der Waals surface area contributed by atoms with Gasteiger partial charge < -0.3 is 10.1 Å². The summed E-state index contributed by atoms with van der Waals surface area (Å²) in [4.78, 5) is 0. The second kappa shape index (κ2) is 8.00. The van der Waals surface area contributed by atoms with E-state index in [9.17, 15) is 0 Å². The Morgan fingerprint density at radius 1 is 1.23 bits per heavy atom. The first-order valence-corrected chi connectivity index (χ1v) is 8.08. The molecule has 2 fully saturated rings. The van der Waals surface area contributed by atoms with E-state index < -0.39 is 0 Å². The van der Waals surface area contributed by atoms with Gasteiger partial charge in [-0.05, 0) is 37.8 Å². The summed E-state index contributed by atoms with van der Waals surface area (Å²) < 4.78 is 6.04. The average molecular weight is 297 g/mol. The Bertz CT molecular complexity index is 532. The van der Waals surface area contributed by atoms with Crippen molar-refractivity contribution < 1.29 is 4.74 Å². The summed E-state index contributed by atoms with van der Waals surface area (Å²) in [5.41, 5.74) is 3.58. The Morgan fingerprint density at radius 3 is 2.55 bits per heavy atom. The molecule has 3 unspecified atom stereocenters. The highest BCUT2D eigenvalue weighted by Gasteiger charge is 2.40. The monoisotopic (exact) mass is 297 g/mol. The fourth-order valence-corrected chi connectivity index (χ4v) is 3.35. The van der Waals surface area contributed by atoms with Crippen molar-refractivity contribution in [2.45, 2.75) is 38.8 Å². The SMILES string of the molecule is C=C1NC(c2ccccc2)C2CCCOC2/C1=C/C.C=CC. The molecule has 1 N–H and O–H groups in total. The minimum Gasteiger partial charge on any atom is -0.378 e. The summed E-state index contributed by atoms with van der Waals surface area (Å²) in [5, 5.41) is 3.59. The van der Waals surface area contributed by atoms with Crippen LogP contribution in [-0.2, 0) is 4.74 Å². The number of allylic oxidation sites excluding steroid dienone is 2. The van der Waals surface area contributed by atoms with E-state index in [1.165, 1.54) is 17.6 Å². The van der Waals surface area contributed by atoms with Crippen molar-refractivity contribution in [1.29, 1.82) is 0 Å². The lowest BCUT2D eigenvalue weighted by atomic mass is 9.77. The van der Waals surface area contributed by atoms with E-state index in [4.69, 9.17) is 4.74 Å². The normalized spacial score (nSPS) is 28.9. The zero-order valence-electron chi connectivity index (χ0n) is 13.7. The number of hydrogen-bond acceptors (Lipinski definition) is 2. The summed E-state index contributed by atoms with van der Waals surface area (Å²) >= 11 is 0. The molecule has 0 radical (unpaired) electrons. The molecule has 22 heavy (non-hydrogen) atoms. The highest BCUT2D eigenvalue weighted by Crippen LogP contribution is 2.41. The van der Waals surface area contributed by atoms with Gasteiger partial charge in [-0.15, -0.1) is 6.58 Å². The number of piperidine rings is 1. The molecule has 0 aliphatic carbocycles. The van der Waals surface area contributed by atoms with Crippen LogP contribution in [0.15, 0.2) is 66.9 Å². The van der Waals surface area contributed by atoms with E-state index in [0.717, 1.165) is 18.7 Å². The zero-order valence-corrected chi connectivity index (χ0v) is 13.7. The van der Waals surface area contributed by atoms with Crippen LogP contribution in [0.2, 0.25) is 0 Å². The second-order valence-corrected chi connectivity index (χ2v) is 5.76. The third kappa shape index (κ3) is 3.50. The fraction of sp³-hybridized carbons (Fsp3) is 0.400. The summed E-state index contributed by atoms with van der Waals surface area (Å²) in [6.45, 7) is 12.4. The predicted octanol–water partition coefficient (Wildman–Crippen LogP) is 4.78. The van der Waals surface area contributed by atoms with Gasteiger partial charge in [0.1, 0.15) is 0 Å². The van der Waals surface area contributed by atoms with Gasteiger partial charge in [0, 0.05) is 18.2 Å². The lowest BCUT2D eigenvalue weighted by Crippen LogP contribution is -2.46. The molecule has 2 saturated heterocycles. The van der Waals surface area contributed by atoms with E-state index in [-0.39, 0.29) is 6.10 Å². The molecular formula is C20H27NO. The molecule has 118 valence electrons. The highest BCUT2D eigenvalue weighted by atomic mass is 16.5. The van der Waals surface area contributed by atoms with Crippen LogP contribution in [-0.4, -0.2) is 12.7 Å². The third-order valence-corrected chi connectivity index (χ3v) is 4.25. The van der Waals surface area contributed by atoms with Gasteiger partial charge in [-0.2, -0.15) is 0 Å². The maximum atomic E-state index is 6.04. The summed E-state index contributed by atoms with van der Waals surface area (Å²) in [6.07, 6.45) is 6.45.